The molecule has 1 aromatic heterocycles. The van der Waals surface area contributed by atoms with Crippen molar-refractivity contribution >= 4 is 46.0 Å². The fourth-order valence-electron chi connectivity index (χ4n) is 1.78. The highest BCUT2D eigenvalue weighted by Gasteiger charge is 2.22. The van der Waals surface area contributed by atoms with E-state index in [4.69, 9.17) is 16.3 Å². The summed E-state index contributed by atoms with van der Waals surface area (Å²) in [5.74, 6) is 3.26. The summed E-state index contributed by atoms with van der Waals surface area (Å²) in [5, 5.41) is 0.551. The molecule has 1 aliphatic rings. The Bertz CT molecular complexity index is 425. The number of thioether (sulfide) groups is 1. The van der Waals surface area contributed by atoms with Crippen LogP contribution in [-0.2, 0) is 11.2 Å². The van der Waals surface area contributed by atoms with Gasteiger partial charge in [-0.1, -0.05) is 25.4 Å². The average Bonchev–Trinajstić information content (AvgIpc) is 2.35. The van der Waals surface area contributed by atoms with Gasteiger partial charge in [0.2, 0.25) is 0 Å². The van der Waals surface area contributed by atoms with Crippen molar-refractivity contribution in [2.45, 2.75) is 26.4 Å². The summed E-state index contributed by atoms with van der Waals surface area (Å²) < 4.78 is 6.68. The molecule has 1 atom stereocenters. The van der Waals surface area contributed by atoms with Gasteiger partial charge in [0.05, 0.1) is 15.9 Å². The summed E-state index contributed by atoms with van der Waals surface area (Å²) in [6, 6.07) is 0. The monoisotopic (exact) mass is 398 g/mol. The van der Waals surface area contributed by atoms with E-state index in [1.807, 2.05) is 11.8 Å². The van der Waals surface area contributed by atoms with Gasteiger partial charge >= 0.3 is 0 Å². The summed E-state index contributed by atoms with van der Waals surface area (Å²) >= 11 is 10.3. The van der Waals surface area contributed by atoms with Crippen LogP contribution in [0.5, 0.6) is 0 Å². The Morgan fingerprint density at radius 3 is 2.89 bits per heavy atom. The highest BCUT2D eigenvalue weighted by Crippen LogP contribution is 2.28. The van der Waals surface area contributed by atoms with Gasteiger partial charge in [0.15, 0.2) is 5.82 Å². The molecule has 0 aliphatic carbocycles. The van der Waals surface area contributed by atoms with E-state index in [1.165, 1.54) is 0 Å². The van der Waals surface area contributed by atoms with E-state index < -0.39 is 0 Å². The molecular formula is C12H16ClIN2OS. The average molecular weight is 399 g/mol. The molecule has 1 saturated heterocycles. The van der Waals surface area contributed by atoms with Crippen molar-refractivity contribution in [2.24, 2.45) is 5.92 Å². The maximum atomic E-state index is 6.20. The highest BCUT2D eigenvalue weighted by molar-refractivity contribution is 14.1. The first-order valence-corrected chi connectivity index (χ1v) is 8.60. The van der Waals surface area contributed by atoms with Crippen LogP contribution in [-0.4, -0.2) is 28.1 Å². The van der Waals surface area contributed by atoms with Gasteiger partial charge in [-0.25, -0.2) is 9.97 Å². The van der Waals surface area contributed by atoms with Crippen LogP contribution in [0.4, 0.5) is 0 Å². The molecule has 0 amide bonds. The normalized spacial score (nSPS) is 20.4. The van der Waals surface area contributed by atoms with Gasteiger partial charge in [-0.15, -0.1) is 0 Å². The van der Waals surface area contributed by atoms with E-state index in [1.54, 1.807) is 0 Å². The third kappa shape index (κ3) is 3.71. The molecule has 1 aromatic rings. The van der Waals surface area contributed by atoms with Crippen LogP contribution in [0.25, 0.3) is 0 Å². The molecule has 18 heavy (non-hydrogen) atoms. The maximum absolute atomic E-state index is 6.20. The number of hydrogen-bond donors (Lipinski definition) is 0. The Hall–Kier alpha value is 0.410. The van der Waals surface area contributed by atoms with Crippen molar-refractivity contribution in [3.8, 4) is 0 Å². The minimum atomic E-state index is -0.0100. The van der Waals surface area contributed by atoms with Gasteiger partial charge in [-0.3, -0.25) is 0 Å². The number of nitrogens with zero attached hydrogens (tertiary/aromatic N) is 2. The lowest BCUT2D eigenvalue weighted by molar-refractivity contribution is 0.0692. The number of halogens is 2. The van der Waals surface area contributed by atoms with E-state index in [9.17, 15) is 0 Å². The number of hydrogen-bond acceptors (Lipinski definition) is 4. The third-order valence-electron chi connectivity index (χ3n) is 2.60. The smallest absolute Gasteiger partial charge is 0.160 e. The Morgan fingerprint density at radius 2 is 2.28 bits per heavy atom. The summed E-state index contributed by atoms with van der Waals surface area (Å²) in [6.07, 6.45) is 0.914. The Labute approximate surface area is 131 Å². The fraction of sp³-hybridized carbons (Fsp3) is 0.667. The molecule has 0 aromatic carbocycles. The van der Waals surface area contributed by atoms with Gasteiger partial charge in [0, 0.05) is 11.5 Å². The quantitative estimate of drug-likeness (QED) is 0.574. The van der Waals surface area contributed by atoms with Crippen molar-refractivity contribution < 1.29 is 4.74 Å². The Kier molecular flexibility index (Phi) is 5.53. The minimum absolute atomic E-state index is 0.0100. The van der Waals surface area contributed by atoms with E-state index in [0.717, 1.165) is 39.6 Å². The zero-order valence-electron chi connectivity index (χ0n) is 10.4. The molecule has 6 heteroatoms. The number of aromatic nitrogens is 2. The predicted octanol–water partition coefficient (Wildman–Crippen LogP) is 3.74. The molecule has 1 aliphatic heterocycles. The van der Waals surface area contributed by atoms with Crippen LogP contribution in [0, 0.1) is 9.49 Å². The minimum Gasteiger partial charge on any atom is -0.368 e. The van der Waals surface area contributed by atoms with Crippen LogP contribution < -0.4 is 0 Å². The van der Waals surface area contributed by atoms with E-state index in [0.29, 0.717) is 11.1 Å². The molecule has 0 spiro atoms. The molecule has 1 fully saturated rings. The summed E-state index contributed by atoms with van der Waals surface area (Å²) in [4.78, 5) is 9.03. The van der Waals surface area contributed by atoms with Crippen molar-refractivity contribution in [3.05, 3.63) is 20.2 Å². The van der Waals surface area contributed by atoms with Crippen LogP contribution in [0.1, 0.15) is 31.5 Å². The van der Waals surface area contributed by atoms with Crippen molar-refractivity contribution in [1.29, 1.82) is 0 Å². The first-order chi connectivity index (χ1) is 8.58. The standard InChI is InChI=1S/C12H16ClIN2OS/c1-7(2)5-8-10(14)11(13)16-12(15-8)9-6-18-4-3-17-9/h7,9H,3-6H2,1-2H3. The van der Waals surface area contributed by atoms with Crippen molar-refractivity contribution in [1.82, 2.24) is 9.97 Å². The molecule has 0 N–H and O–H groups in total. The summed E-state index contributed by atoms with van der Waals surface area (Å²) in [7, 11) is 0. The maximum Gasteiger partial charge on any atom is 0.160 e. The second-order valence-electron chi connectivity index (χ2n) is 4.67. The number of ether oxygens (including phenoxy) is 1. The van der Waals surface area contributed by atoms with Gasteiger partial charge in [-0.2, -0.15) is 11.8 Å². The molecular weight excluding hydrogens is 383 g/mol. The lowest BCUT2D eigenvalue weighted by atomic mass is 10.1. The van der Waals surface area contributed by atoms with Crippen LogP contribution in [0.3, 0.4) is 0 Å². The topological polar surface area (TPSA) is 35.0 Å². The lowest BCUT2D eigenvalue weighted by Crippen LogP contribution is -2.19. The molecule has 3 nitrogen and oxygen atoms in total. The summed E-state index contributed by atoms with van der Waals surface area (Å²) in [6.45, 7) is 5.12. The van der Waals surface area contributed by atoms with Gasteiger partial charge in [-0.05, 0) is 34.9 Å². The summed E-state index contributed by atoms with van der Waals surface area (Å²) in [5.41, 5.74) is 1.04. The largest absolute Gasteiger partial charge is 0.368 e. The van der Waals surface area contributed by atoms with Crippen molar-refractivity contribution in [2.75, 3.05) is 18.1 Å². The van der Waals surface area contributed by atoms with Crippen LogP contribution in [0.2, 0.25) is 5.15 Å². The van der Waals surface area contributed by atoms with Gasteiger partial charge < -0.3 is 4.74 Å². The van der Waals surface area contributed by atoms with E-state index >= 15 is 0 Å². The zero-order valence-corrected chi connectivity index (χ0v) is 14.2. The predicted molar refractivity (Wildman–Crippen MR) is 84.3 cm³/mol. The van der Waals surface area contributed by atoms with Crippen molar-refractivity contribution in [3.63, 3.8) is 0 Å². The zero-order chi connectivity index (χ0) is 13.1. The Balaban J connectivity index is 2.27. The lowest BCUT2D eigenvalue weighted by Gasteiger charge is -2.22. The molecule has 2 heterocycles. The van der Waals surface area contributed by atoms with Crippen LogP contribution >= 0.6 is 46.0 Å². The van der Waals surface area contributed by atoms with E-state index in [-0.39, 0.29) is 6.10 Å². The SMILES string of the molecule is CC(C)Cc1nc(C2CSCCO2)nc(Cl)c1I. The highest BCUT2D eigenvalue weighted by atomic mass is 127. The molecule has 2 rings (SSSR count). The fourth-order valence-corrected chi connectivity index (χ4v) is 3.28. The molecule has 1 unspecified atom stereocenters. The van der Waals surface area contributed by atoms with E-state index in [2.05, 4.69) is 46.4 Å². The third-order valence-corrected chi connectivity index (χ3v) is 5.32. The molecule has 100 valence electrons. The Morgan fingerprint density at radius 1 is 1.50 bits per heavy atom. The second-order valence-corrected chi connectivity index (χ2v) is 7.25. The first kappa shape index (κ1) is 14.8. The van der Waals surface area contributed by atoms with Gasteiger partial charge in [0.1, 0.15) is 11.3 Å². The molecule has 0 bridgehead atoms. The molecule has 0 radical (unpaired) electrons. The first-order valence-electron chi connectivity index (χ1n) is 5.99. The second kappa shape index (κ2) is 6.72. The number of rotatable bonds is 3. The van der Waals surface area contributed by atoms with Gasteiger partial charge in [0.25, 0.3) is 0 Å². The molecule has 0 saturated carbocycles. The van der Waals surface area contributed by atoms with Crippen LogP contribution in [0.15, 0.2) is 0 Å².